The second-order valence-electron chi connectivity index (χ2n) is 6.93. The molecule has 4 atom stereocenters. The topological polar surface area (TPSA) is 0 Å². The minimum absolute atomic E-state index is 0.170. The molecule has 2 aliphatic rings. The zero-order valence-electron chi connectivity index (χ0n) is 13.0. The van der Waals surface area contributed by atoms with Crippen molar-refractivity contribution in [3.05, 3.63) is 47.3 Å². The van der Waals surface area contributed by atoms with E-state index in [2.05, 4.69) is 19.1 Å². The molecule has 0 spiro atoms. The van der Waals surface area contributed by atoms with Crippen molar-refractivity contribution in [2.24, 2.45) is 17.8 Å². The van der Waals surface area contributed by atoms with Crippen LogP contribution in [0, 0.1) is 35.2 Å². The molecule has 0 aliphatic heterocycles. The highest BCUT2D eigenvalue weighted by Gasteiger charge is 2.35. The number of rotatable bonds is 2. The van der Waals surface area contributed by atoms with Gasteiger partial charge in [0.1, 0.15) is 0 Å². The van der Waals surface area contributed by atoms with Crippen LogP contribution in [-0.4, -0.2) is 0 Å². The van der Waals surface area contributed by atoms with Crippen molar-refractivity contribution in [1.82, 2.24) is 0 Å². The molecule has 3 rings (SSSR count). The van der Waals surface area contributed by atoms with Crippen LogP contribution in [0.25, 0.3) is 0 Å². The third kappa shape index (κ3) is 3.09. The van der Waals surface area contributed by atoms with Crippen LogP contribution in [0.2, 0.25) is 0 Å². The minimum Gasteiger partial charge on any atom is -0.204 e. The first kappa shape index (κ1) is 15.6. The first-order valence-corrected chi connectivity index (χ1v) is 8.35. The SMILES string of the molecule is C/C=C/C1CCC2CC(c3cc(F)c(F)c(F)c3)CCC2C1. The molecule has 4 unspecified atom stereocenters. The molecule has 1 aromatic carbocycles. The average Bonchev–Trinajstić information content (AvgIpc) is 2.52. The van der Waals surface area contributed by atoms with Gasteiger partial charge in [-0.3, -0.25) is 0 Å². The highest BCUT2D eigenvalue weighted by Crippen LogP contribution is 2.48. The van der Waals surface area contributed by atoms with Gasteiger partial charge in [0.25, 0.3) is 0 Å². The van der Waals surface area contributed by atoms with Gasteiger partial charge in [-0.15, -0.1) is 0 Å². The van der Waals surface area contributed by atoms with Gasteiger partial charge in [0.05, 0.1) is 0 Å². The standard InChI is InChI=1S/C19H23F3/c1-2-3-12-4-5-14-9-15(7-6-13(14)8-12)16-10-17(20)19(22)18(21)11-16/h2-3,10-15H,4-9H2,1H3/b3-2+. The number of allylic oxidation sites excluding steroid dienone is 2. The second kappa shape index (κ2) is 6.47. The lowest BCUT2D eigenvalue weighted by Gasteiger charge is -2.41. The molecule has 0 saturated heterocycles. The van der Waals surface area contributed by atoms with Crippen LogP contribution in [-0.2, 0) is 0 Å². The molecule has 0 aromatic heterocycles. The highest BCUT2D eigenvalue weighted by molar-refractivity contribution is 5.24. The lowest BCUT2D eigenvalue weighted by atomic mass is 9.64. The summed E-state index contributed by atoms with van der Waals surface area (Å²) in [5.74, 6) is -1.22. The Hall–Kier alpha value is -1.25. The van der Waals surface area contributed by atoms with Crippen molar-refractivity contribution in [2.45, 2.75) is 51.4 Å². The predicted molar refractivity (Wildman–Crippen MR) is 82.0 cm³/mol. The largest absolute Gasteiger partial charge is 0.204 e. The molecule has 2 saturated carbocycles. The molecular weight excluding hydrogens is 285 g/mol. The number of fused-ring (bicyclic) bond motifs is 1. The Balaban J connectivity index is 1.70. The van der Waals surface area contributed by atoms with E-state index >= 15 is 0 Å². The van der Waals surface area contributed by atoms with Gasteiger partial charge in [0.15, 0.2) is 17.5 Å². The van der Waals surface area contributed by atoms with E-state index in [9.17, 15) is 13.2 Å². The fourth-order valence-electron chi connectivity index (χ4n) is 4.49. The van der Waals surface area contributed by atoms with Gasteiger partial charge in [-0.05, 0) is 86.8 Å². The maximum atomic E-state index is 13.4. The van der Waals surface area contributed by atoms with Crippen LogP contribution in [0.3, 0.4) is 0 Å². The Morgan fingerprint density at radius 1 is 0.909 bits per heavy atom. The molecule has 1 aromatic rings. The maximum Gasteiger partial charge on any atom is 0.194 e. The van der Waals surface area contributed by atoms with Gasteiger partial charge >= 0.3 is 0 Å². The Morgan fingerprint density at radius 2 is 1.55 bits per heavy atom. The summed E-state index contributed by atoms with van der Waals surface area (Å²) in [5, 5.41) is 0. The Kier molecular flexibility index (Phi) is 4.60. The minimum atomic E-state index is -1.36. The number of hydrogen-bond donors (Lipinski definition) is 0. The summed E-state index contributed by atoms with van der Waals surface area (Å²) >= 11 is 0. The summed E-state index contributed by atoms with van der Waals surface area (Å²) in [6.45, 7) is 2.07. The van der Waals surface area contributed by atoms with Crippen molar-refractivity contribution >= 4 is 0 Å². The second-order valence-corrected chi connectivity index (χ2v) is 6.93. The summed E-state index contributed by atoms with van der Waals surface area (Å²) in [5.41, 5.74) is 0.630. The van der Waals surface area contributed by atoms with Crippen LogP contribution < -0.4 is 0 Å². The van der Waals surface area contributed by atoms with Gasteiger partial charge in [0.2, 0.25) is 0 Å². The van der Waals surface area contributed by atoms with Crippen molar-refractivity contribution in [3.63, 3.8) is 0 Å². The lowest BCUT2D eigenvalue weighted by molar-refractivity contribution is 0.133. The van der Waals surface area contributed by atoms with E-state index in [0.717, 1.165) is 25.2 Å². The van der Waals surface area contributed by atoms with E-state index in [1.807, 2.05) is 0 Å². The molecule has 0 radical (unpaired) electrons. The van der Waals surface area contributed by atoms with Crippen LogP contribution >= 0.6 is 0 Å². The molecule has 0 N–H and O–H groups in total. The van der Waals surface area contributed by atoms with E-state index in [1.54, 1.807) is 0 Å². The van der Waals surface area contributed by atoms with E-state index in [4.69, 9.17) is 0 Å². The highest BCUT2D eigenvalue weighted by atomic mass is 19.2. The molecule has 0 heterocycles. The van der Waals surface area contributed by atoms with Crippen molar-refractivity contribution in [1.29, 1.82) is 0 Å². The summed E-state index contributed by atoms with van der Waals surface area (Å²) in [6, 6.07) is 2.38. The Morgan fingerprint density at radius 3 is 2.23 bits per heavy atom. The number of halogens is 3. The first-order valence-electron chi connectivity index (χ1n) is 8.35. The normalized spacial score (nSPS) is 32.2. The lowest BCUT2D eigenvalue weighted by Crippen LogP contribution is -2.30. The van der Waals surface area contributed by atoms with Gasteiger partial charge in [0, 0.05) is 0 Å². The summed E-state index contributed by atoms with van der Waals surface area (Å²) in [7, 11) is 0. The van der Waals surface area contributed by atoms with Crippen molar-refractivity contribution in [3.8, 4) is 0 Å². The van der Waals surface area contributed by atoms with Gasteiger partial charge in [-0.2, -0.15) is 0 Å². The van der Waals surface area contributed by atoms with Gasteiger partial charge < -0.3 is 0 Å². The molecule has 120 valence electrons. The zero-order chi connectivity index (χ0) is 15.7. The number of hydrogen-bond acceptors (Lipinski definition) is 0. The monoisotopic (exact) mass is 308 g/mol. The van der Waals surface area contributed by atoms with Crippen LogP contribution in [0.1, 0.15) is 56.9 Å². The fourth-order valence-corrected chi connectivity index (χ4v) is 4.49. The molecule has 0 amide bonds. The van der Waals surface area contributed by atoms with Gasteiger partial charge in [-0.1, -0.05) is 12.2 Å². The third-order valence-electron chi connectivity index (χ3n) is 5.60. The van der Waals surface area contributed by atoms with Crippen LogP contribution in [0.4, 0.5) is 13.2 Å². The quantitative estimate of drug-likeness (QED) is 0.465. The van der Waals surface area contributed by atoms with E-state index in [-0.39, 0.29) is 5.92 Å². The summed E-state index contributed by atoms with van der Waals surface area (Å²) in [4.78, 5) is 0. The third-order valence-corrected chi connectivity index (χ3v) is 5.60. The zero-order valence-corrected chi connectivity index (χ0v) is 13.0. The molecule has 0 bridgehead atoms. The van der Waals surface area contributed by atoms with Crippen LogP contribution in [0.5, 0.6) is 0 Å². The van der Waals surface area contributed by atoms with E-state index in [0.29, 0.717) is 17.4 Å². The van der Waals surface area contributed by atoms with E-state index in [1.165, 1.54) is 31.4 Å². The molecule has 0 nitrogen and oxygen atoms in total. The van der Waals surface area contributed by atoms with Crippen molar-refractivity contribution in [2.75, 3.05) is 0 Å². The average molecular weight is 308 g/mol. The van der Waals surface area contributed by atoms with Crippen molar-refractivity contribution < 1.29 is 13.2 Å². The molecule has 2 aliphatic carbocycles. The van der Waals surface area contributed by atoms with Gasteiger partial charge in [-0.25, -0.2) is 13.2 Å². The summed E-state index contributed by atoms with van der Waals surface area (Å²) in [6.07, 6.45) is 11.2. The predicted octanol–water partition coefficient (Wildman–Crippen LogP) is 5.98. The van der Waals surface area contributed by atoms with Crippen LogP contribution in [0.15, 0.2) is 24.3 Å². The fraction of sp³-hybridized carbons (Fsp3) is 0.579. The summed E-state index contributed by atoms with van der Waals surface area (Å²) < 4.78 is 40.0. The smallest absolute Gasteiger partial charge is 0.194 e. The first-order chi connectivity index (χ1) is 10.6. The molecule has 22 heavy (non-hydrogen) atoms. The molecular formula is C19H23F3. The molecule has 2 fully saturated rings. The Bertz CT molecular complexity index is 541. The Labute approximate surface area is 130 Å². The molecule has 3 heteroatoms. The van der Waals surface area contributed by atoms with E-state index < -0.39 is 17.5 Å². The number of benzene rings is 1. The maximum absolute atomic E-state index is 13.4.